The third kappa shape index (κ3) is 2.38. The van der Waals surface area contributed by atoms with E-state index in [1.165, 1.54) is 0 Å². The van der Waals surface area contributed by atoms with Gasteiger partial charge in [0.2, 0.25) is 5.95 Å². The molecule has 3 rings (SSSR count). The van der Waals surface area contributed by atoms with E-state index in [0.717, 1.165) is 16.5 Å². The molecule has 1 heterocycles. The molecule has 1 aromatic heterocycles. The number of halogens is 1. The van der Waals surface area contributed by atoms with Gasteiger partial charge in [0.15, 0.2) is 5.82 Å². The van der Waals surface area contributed by atoms with Gasteiger partial charge in [-0.2, -0.15) is 4.98 Å². The highest BCUT2D eigenvalue weighted by Crippen LogP contribution is 2.28. The molecule has 5 heteroatoms. The number of hydrogen-bond donors (Lipinski definition) is 2. The molecule has 0 saturated carbocycles. The summed E-state index contributed by atoms with van der Waals surface area (Å²) < 4.78 is 0. The van der Waals surface area contributed by atoms with E-state index in [-0.39, 0.29) is 0 Å². The van der Waals surface area contributed by atoms with Crippen molar-refractivity contribution in [2.24, 2.45) is 0 Å². The first-order valence-corrected chi connectivity index (χ1v) is 6.61. The van der Waals surface area contributed by atoms with Gasteiger partial charge in [-0.3, -0.25) is 0 Å². The molecule has 2 aromatic carbocycles. The van der Waals surface area contributed by atoms with Gasteiger partial charge in [-0.1, -0.05) is 48.0 Å². The Kier molecular flexibility index (Phi) is 3.39. The number of aromatic nitrogens is 2. The minimum Gasteiger partial charge on any atom is -0.357 e. The highest BCUT2D eigenvalue weighted by atomic mass is 35.5. The molecule has 0 aliphatic heterocycles. The minimum absolute atomic E-state index is 0.483. The van der Waals surface area contributed by atoms with Crippen LogP contribution in [0.3, 0.4) is 0 Å². The van der Waals surface area contributed by atoms with E-state index in [0.29, 0.717) is 16.8 Å². The maximum Gasteiger partial charge on any atom is 0.224 e. The quantitative estimate of drug-likeness (QED) is 0.761. The molecule has 0 radical (unpaired) electrons. The van der Waals surface area contributed by atoms with E-state index in [1.807, 2.05) is 24.3 Å². The van der Waals surface area contributed by atoms with Crippen molar-refractivity contribution < 1.29 is 0 Å². The molecule has 0 fully saturated rings. The summed E-state index contributed by atoms with van der Waals surface area (Å²) in [6.07, 6.45) is 1.58. The van der Waals surface area contributed by atoms with Gasteiger partial charge in [0.25, 0.3) is 0 Å². The molecule has 0 bridgehead atoms. The van der Waals surface area contributed by atoms with Crippen molar-refractivity contribution in [3.63, 3.8) is 0 Å². The van der Waals surface area contributed by atoms with Crippen LogP contribution < -0.4 is 10.6 Å². The molecule has 0 aliphatic carbocycles. The molecule has 0 atom stereocenters. The van der Waals surface area contributed by atoms with Crippen molar-refractivity contribution in [3.05, 3.63) is 53.7 Å². The van der Waals surface area contributed by atoms with E-state index < -0.39 is 0 Å². The molecule has 0 spiro atoms. The lowest BCUT2D eigenvalue weighted by Crippen LogP contribution is -2.01. The maximum absolute atomic E-state index is 6.14. The van der Waals surface area contributed by atoms with Crippen molar-refractivity contribution in [1.29, 1.82) is 0 Å². The Morgan fingerprint density at radius 1 is 1.05 bits per heavy atom. The summed E-state index contributed by atoms with van der Waals surface area (Å²) in [7, 11) is 1.77. The first-order chi connectivity index (χ1) is 9.78. The number of fused-ring (bicyclic) bond motifs is 1. The normalized spacial score (nSPS) is 10.5. The smallest absolute Gasteiger partial charge is 0.224 e. The molecule has 3 aromatic rings. The van der Waals surface area contributed by atoms with Gasteiger partial charge in [-0.15, -0.1) is 0 Å². The fourth-order valence-electron chi connectivity index (χ4n) is 2.04. The fourth-order valence-corrected chi connectivity index (χ4v) is 2.18. The largest absolute Gasteiger partial charge is 0.357 e. The predicted octanol–water partition coefficient (Wildman–Crippen LogP) is 4.07. The Morgan fingerprint density at radius 2 is 1.85 bits per heavy atom. The van der Waals surface area contributed by atoms with E-state index in [4.69, 9.17) is 11.6 Å². The summed E-state index contributed by atoms with van der Waals surface area (Å²) in [5, 5.41) is 8.93. The third-order valence-electron chi connectivity index (χ3n) is 3.01. The lowest BCUT2D eigenvalue weighted by molar-refractivity contribution is 1.15. The summed E-state index contributed by atoms with van der Waals surface area (Å²) in [6, 6.07) is 14.2. The summed E-state index contributed by atoms with van der Waals surface area (Å²) in [6.45, 7) is 0. The lowest BCUT2D eigenvalue weighted by Gasteiger charge is -2.11. The van der Waals surface area contributed by atoms with Crippen LogP contribution in [0, 0.1) is 0 Å². The van der Waals surface area contributed by atoms with Crippen molar-refractivity contribution in [1.82, 2.24) is 9.97 Å². The van der Waals surface area contributed by atoms with Crippen LogP contribution in [0.5, 0.6) is 0 Å². The zero-order valence-corrected chi connectivity index (χ0v) is 11.6. The van der Waals surface area contributed by atoms with Gasteiger partial charge in [0, 0.05) is 18.1 Å². The highest BCUT2D eigenvalue weighted by molar-refractivity contribution is 6.33. The summed E-state index contributed by atoms with van der Waals surface area (Å²) in [5.74, 6) is 1.11. The summed E-state index contributed by atoms with van der Waals surface area (Å²) >= 11 is 6.14. The number of nitrogens with zero attached hydrogens (tertiary/aromatic N) is 2. The van der Waals surface area contributed by atoms with Crippen molar-refractivity contribution >= 4 is 39.8 Å². The van der Waals surface area contributed by atoms with E-state index in [9.17, 15) is 0 Å². The lowest BCUT2D eigenvalue weighted by atomic mass is 10.1. The Bertz CT molecular complexity index is 752. The third-order valence-corrected chi connectivity index (χ3v) is 3.29. The molecule has 0 unspecified atom stereocenters. The summed E-state index contributed by atoms with van der Waals surface area (Å²) in [4.78, 5) is 8.39. The molecule has 100 valence electrons. The molecule has 2 N–H and O–H groups in total. The monoisotopic (exact) mass is 284 g/mol. The number of anilines is 3. The molecule has 4 nitrogen and oxygen atoms in total. The molecule has 0 amide bonds. The van der Waals surface area contributed by atoms with Gasteiger partial charge in [-0.25, -0.2) is 4.98 Å². The Morgan fingerprint density at radius 3 is 2.70 bits per heavy atom. The maximum atomic E-state index is 6.14. The number of rotatable bonds is 3. The van der Waals surface area contributed by atoms with E-state index in [1.54, 1.807) is 13.2 Å². The average molecular weight is 285 g/mol. The van der Waals surface area contributed by atoms with Crippen LogP contribution in [0.15, 0.2) is 48.7 Å². The topological polar surface area (TPSA) is 49.8 Å². The van der Waals surface area contributed by atoms with Crippen LogP contribution in [0.25, 0.3) is 10.8 Å². The van der Waals surface area contributed by atoms with Crippen molar-refractivity contribution in [2.45, 2.75) is 0 Å². The van der Waals surface area contributed by atoms with Crippen LogP contribution in [-0.2, 0) is 0 Å². The number of nitrogens with one attached hydrogen (secondary N) is 2. The number of hydrogen-bond acceptors (Lipinski definition) is 4. The summed E-state index contributed by atoms with van der Waals surface area (Å²) in [5.41, 5.74) is 0.964. The zero-order chi connectivity index (χ0) is 13.9. The Labute approximate surface area is 121 Å². The van der Waals surface area contributed by atoms with Crippen LogP contribution in [-0.4, -0.2) is 17.0 Å². The van der Waals surface area contributed by atoms with Gasteiger partial charge < -0.3 is 10.6 Å². The van der Waals surface area contributed by atoms with E-state index in [2.05, 4.69) is 38.8 Å². The van der Waals surface area contributed by atoms with Gasteiger partial charge in [-0.05, 0) is 11.5 Å². The standard InChI is InChI=1S/C15H13ClN4/c1-17-15-18-9-12(16)14(20-15)19-13-8-4-6-10-5-2-3-7-11(10)13/h2-9H,1H3,(H2,17,18,19,20). The molecule has 0 aliphatic rings. The first-order valence-electron chi connectivity index (χ1n) is 6.23. The molecule has 0 saturated heterocycles. The fraction of sp³-hybridized carbons (Fsp3) is 0.0667. The van der Waals surface area contributed by atoms with Crippen molar-refractivity contribution in [3.8, 4) is 0 Å². The molecular formula is C15H13ClN4. The van der Waals surface area contributed by atoms with Crippen LogP contribution in [0.1, 0.15) is 0 Å². The van der Waals surface area contributed by atoms with Crippen LogP contribution >= 0.6 is 11.6 Å². The molecular weight excluding hydrogens is 272 g/mol. The van der Waals surface area contributed by atoms with Crippen molar-refractivity contribution in [2.75, 3.05) is 17.7 Å². The van der Waals surface area contributed by atoms with Crippen LogP contribution in [0.4, 0.5) is 17.5 Å². The Balaban J connectivity index is 2.05. The SMILES string of the molecule is CNc1ncc(Cl)c(Nc2cccc3ccccc23)n1. The Hall–Kier alpha value is -2.33. The van der Waals surface area contributed by atoms with Gasteiger partial charge in [0.1, 0.15) is 5.02 Å². The van der Waals surface area contributed by atoms with Gasteiger partial charge in [0.05, 0.1) is 6.20 Å². The molecule has 20 heavy (non-hydrogen) atoms. The van der Waals surface area contributed by atoms with Crippen LogP contribution in [0.2, 0.25) is 5.02 Å². The van der Waals surface area contributed by atoms with E-state index >= 15 is 0 Å². The average Bonchev–Trinajstić information content (AvgIpc) is 2.50. The second-order valence-corrected chi connectivity index (χ2v) is 4.70. The highest BCUT2D eigenvalue weighted by Gasteiger charge is 2.07. The zero-order valence-electron chi connectivity index (χ0n) is 10.9. The van der Waals surface area contributed by atoms with Gasteiger partial charge >= 0.3 is 0 Å². The second-order valence-electron chi connectivity index (χ2n) is 4.29. The minimum atomic E-state index is 0.483. The predicted molar refractivity (Wildman–Crippen MR) is 83.8 cm³/mol. The first kappa shape index (κ1) is 12.7. The second kappa shape index (κ2) is 5.35. The number of benzene rings is 2.